The third-order valence-corrected chi connectivity index (χ3v) is 4.59. The second-order valence-corrected chi connectivity index (χ2v) is 6.71. The van der Waals surface area contributed by atoms with Gasteiger partial charge in [0.1, 0.15) is 17.3 Å². The Balaban J connectivity index is 1.82. The quantitative estimate of drug-likeness (QED) is 0.382. The second kappa shape index (κ2) is 7.07. The molecular formula is C20H15FN4O5. The molecule has 1 N–H and O–H groups in total. The summed E-state index contributed by atoms with van der Waals surface area (Å²) in [5, 5.41) is 17.6. The summed E-state index contributed by atoms with van der Waals surface area (Å²) in [5.74, 6) is -0.218. The number of nitrogens with zero attached hydrogens (tertiary/aromatic N) is 3. The maximum absolute atomic E-state index is 14.1. The lowest BCUT2D eigenvalue weighted by atomic mass is 10.1. The average Bonchev–Trinajstić information content (AvgIpc) is 3.24. The summed E-state index contributed by atoms with van der Waals surface area (Å²) < 4.78 is 24.9. The Morgan fingerprint density at radius 2 is 1.97 bits per heavy atom. The van der Waals surface area contributed by atoms with Gasteiger partial charge in [-0.3, -0.25) is 14.9 Å². The number of halogens is 1. The zero-order chi connectivity index (χ0) is 21.6. The van der Waals surface area contributed by atoms with Gasteiger partial charge in [0.05, 0.1) is 32.9 Å². The van der Waals surface area contributed by atoms with E-state index in [9.17, 15) is 19.3 Å². The predicted molar refractivity (Wildman–Crippen MR) is 105 cm³/mol. The number of carbonyl (C=O) groups is 1. The molecule has 3 heterocycles. The number of hydrogen-bond acceptors (Lipinski definition) is 7. The largest absolute Gasteiger partial charge is 0.466 e. The Kier molecular flexibility index (Phi) is 4.53. The Morgan fingerprint density at radius 1 is 1.20 bits per heavy atom. The van der Waals surface area contributed by atoms with Crippen LogP contribution in [0.15, 0.2) is 39.3 Å². The number of anilines is 1. The van der Waals surface area contributed by atoms with E-state index < -0.39 is 16.6 Å². The fourth-order valence-corrected chi connectivity index (χ4v) is 3.21. The summed E-state index contributed by atoms with van der Waals surface area (Å²) >= 11 is 0. The maximum Gasteiger partial charge on any atom is 0.271 e. The molecule has 10 heteroatoms. The molecule has 0 bridgehead atoms. The van der Waals surface area contributed by atoms with Crippen LogP contribution in [0.25, 0.3) is 22.4 Å². The van der Waals surface area contributed by atoms with Crippen LogP contribution in [-0.2, 0) is 0 Å². The lowest BCUT2D eigenvalue weighted by molar-refractivity contribution is -0.384. The third-order valence-electron chi connectivity index (χ3n) is 4.59. The van der Waals surface area contributed by atoms with Crippen LogP contribution in [0.4, 0.5) is 15.8 Å². The van der Waals surface area contributed by atoms with Crippen molar-refractivity contribution in [1.82, 2.24) is 10.1 Å². The van der Waals surface area contributed by atoms with E-state index in [0.29, 0.717) is 33.9 Å². The highest BCUT2D eigenvalue weighted by atomic mass is 19.1. The number of aryl methyl sites for hydroxylation is 3. The Morgan fingerprint density at radius 3 is 2.63 bits per heavy atom. The summed E-state index contributed by atoms with van der Waals surface area (Å²) in [6, 6.07) is 6.19. The fraction of sp³-hybridized carbons (Fsp3) is 0.150. The Bertz CT molecular complexity index is 1320. The van der Waals surface area contributed by atoms with Crippen LogP contribution >= 0.6 is 0 Å². The smallest absolute Gasteiger partial charge is 0.271 e. The molecule has 9 nitrogen and oxygen atoms in total. The van der Waals surface area contributed by atoms with E-state index in [-0.39, 0.29) is 22.7 Å². The molecule has 0 saturated heterocycles. The van der Waals surface area contributed by atoms with Crippen molar-refractivity contribution in [1.29, 1.82) is 0 Å². The van der Waals surface area contributed by atoms with Gasteiger partial charge in [0.15, 0.2) is 0 Å². The number of fused-ring (bicyclic) bond motifs is 1. The number of non-ortho nitro benzene ring substituents is 1. The maximum atomic E-state index is 14.1. The fourth-order valence-electron chi connectivity index (χ4n) is 3.21. The van der Waals surface area contributed by atoms with Crippen molar-refractivity contribution in [3.8, 4) is 11.3 Å². The molecule has 0 unspecified atom stereocenters. The molecule has 0 spiro atoms. The van der Waals surface area contributed by atoms with Crippen LogP contribution in [-0.4, -0.2) is 21.0 Å². The molecule has 0 aliphatic heterocycles. The van der Waals surface area contributed by atoms with Gasteiger partial charge >= 0.3 is 0 Å². The van der Waals surface area contributed by atoms with E-state index in [1.54, 1.807) is 26.8 Å². The van der Waals surface area contributed by atoms with E-state index in [0.717, 1.165) is 18.2 Å². The number of nitro benzene ring substituents is 1. The van der Waals surface area contributed by atoms with Gasteiger partial charge in [0, 0.05) is 17.7 Å². The first kappa shape index (κ1) is 19.2. The van der Waals surface area contributed by atoms with Crippen LogP contribution in [0.1, 0.15) is 27.6 Å². The zero-order valence-electron chi connectivity index (χ0n) is 16.1. The zero-order valence-corrected chi connectivity index (χ0v) is 16.1. The molecule has 0 fully saturated rings. The normalized spacial score (nSPS) is 11.1. The average molecular weight is 410 g/mol. The monoisotopic (exact) mass is 410 g/mol. The highest BCUT2D eigenvalue weighted by Gasteiger charge is 2.22. The SMILES string of the molecule is Cc1cc(-c2cc(C(=O)Nc3cc([N+](=O)[O-])ccc3F)c3c(C)noc3n2)c(C)o1. The molecule has 0 aliphatic carbocycles. The number of aromatic nitrogens is 2. The minimum absolute atomic E-state index is 0.132. The van der Waals surface area contributed by atoms with Crippen molar-refractivity contribution in [2.45, 2.75) is 20.8 Å². The van der Waals surface area contributed by atoms with Gasteiger partial charge in [-0.25, -0.2) is 9.37 Å². The molecule has 0 saturated carbocycles. The lowest BCUT2D eigenvalue weighted by Gasteiger charge is -2.09. The number of amides is 1. The summed E-state index contributed by atoms with van der Waals surface area (Å²) in [6.45, 7) is 5.19. The van der Waals surface area contributed by atoms with Gasteiger partial charge in [-0.2, -0.15) is 0 Å². The summed E-state index contributed by atoms with van der Waals surface area (Å²) in [4.78, 5) is 27.7. The molecule has 1 aromatic carbocycles. The molecule has 1 amide bonds. The highest BCUT2D eigenvalue weighted by molar-refractivity contribution is 6.13. The second-order valence-electron chi connectivity index (χ2n) is 6.71. The molecule has 0 radical (unpaired) electrons. The molecule has 4 aromatic rings. The minimum atomic E-state index is -0.803. The minimum Gasteiger partial charge on any atom is -0.466 e. The van der Waals surface area contributed by atoms with E-state index in [1.165, 1.54) is 6.07 Å². The van der Waals surface area contributed by atoms with E-state index in [1.807, 2.05) is 0 Å². The van der Waals surface area contributed by atoms with Crippen LogP contribution < -0.4 is 5.32 Å². The Labute approximate surface area is 168 Å². The number of nitrogens with one attached hydrogen (secondary N) is 1. The molecule has 30 heavy (non-hydrogen) atoms. The molecule has 152 valence electrons. The van der Waals surface area contributed by atoms with Crippen LogP contribution in [0.2, 0.25) is 0 Å². The molecular weight excluding hydrogens is 395 g/mol. The van der Waals surface area contributed by atoms with Crippen molar-refractivity contribution in [2.75, 3.05) is 5.32 Å². The summed E-state index contributed by atoms with van der Waals surface area (Å²) in [5.41, 5.74) is 1.11. The Hall–Kier alpha value is -4.08. The molecule has 3 aromatic heterocycles. The third kappa shape index (κ3) is 3.28. The predicted octanol–water partition coefficient (Wildman–Crippen LogP) is 4.71. The first-order valence-corrected chi connectivity index (χ1v) is 8.84. The van der Waals surface area contributed by atoms with Gasteiger partial charge in [-0.1, -0.05) is 5.16 Å². The van der Waals surface area contributed by atoms with Crippen molar-refractivity contribution in [3.05, 3.63) is 69.0 Å². The van der Waals surface area contributed by atoms with Crippen LogP contribution in [0.3, 0.4) is 0 Å². The number of hydrogen-bond donors (Lipinski definition) is 1. The standard InChI is InChI=1S/C20H15FN4O5/c1-9-6-13(11(3)29-9)16-8-14(18-10(2)24-30-20(18)23-16)19(26)22-17-7-12(25(27)28)4-5-15(17)21/h4-8H,1-3H3,(H,22,26). The van der Waals surface area contributed by atoms with Gasteiger partial charge in [-0.05, 0) is 39.0 Å². The van der Waals surface area contributed by atoms with E-state index in [2.05, 4.69) is 15.5 Å². The number of benzene rings is 1. The van der Waals surface area contributed by atoms with Crippen LogP contribution in [0, 0.1) is 36.7 Å². The number of pyridine rings is 1. The first-order valence-electron chi connectivity index (χ1n) is 8.84. The van der Waals surface area contributed by atoms with Gasteiger partial charge in [0.2, 0.25) is 0 Å². The van der Waals surface area contributed by atoms with Crippen LogP contribution in [0.5, 0.6) is 0 Å². The van der Waals surface area contributed by atoms with Crippen molar-refractivity contribution >= 4 is 28.4 Å². The first-order chi connectivity index (χ1) is 14.2. The van der Waals surface area contributed by atoms with E-state index >= 15 is 0 Å². The molecule has 4 rings (SSSR count). The lowest BCUT2D eigenvalue weighted by Crippen LogP contribution is -2.14. The number of rotatable bonds is 4. The summed E-state index contributed by atoms with van der Waals surface area (Å²) in [7, 11) is 0. The van der Waals surface area contributed by atoms with Gasteiger partial charge in [-0.15, -0.1) is 0 Å². The molecule has 0 atom stereocenters. The number of furan rings is 1. The topological polar surface area (TPSA) is 124 Å². The number of nitro groups is 1. The van der Waals surface area contributed by atoms with E-state index in [4.69, 9.17) is 8.94 Å². The van der Waals surface area contributed by atoms with Gasteiger partial charge < -0.3 is 14.3 Å². The number of carbonyl (C=O) groups excluding carboxylic acids is 1. The van der Waals surface area contributed by atoms with Crippen molar-refractivity contribution in [3.63, 3.8) is 0 Å². The molecule has 0 aliphatic rings. The van der Waals surface area contributed by atoms with Gasteiger partial charge in [0.25, 0.3) is 17.3 Å². The highest BCUT2D eigenvalue weighted by Crippen LogP contribution is 2.31. The van der Waals surface area contributed by atoms with Crippen molar-refractivity contribution < 1.29 is 23.0 Å². The summed E-state index contributed by atoms with van der Waals surface area (Å²) in [6.07, 6.45) is 0. The van der Waals surface area contributed by atoms with Crippen molar-refractivity contribution in [2.24, 2.45) is 0 Å².